The third kappa shape index (κ3) is 8.32. The summed E-state index contributed by atoms with van der Waals surface area (Å²) in [6.45, 7) is 10.2. The summed E-state index contributed by atoms with van der Waals surface area (Å²) in [4.78, 5) is 30.1. The zero-order chi connectivity index (χ0) is 27.7. The second-order valence-corrected chi connectivity index (χ2v) is 10.6. The molecule has 6 nitrogen and oxygen atoms in total. The lowest BCUT2D eigenvalue weighted by Gasteiger charge is -2.20. The first-order chi connectivity index (χ1) is 18.1. The number of aromatic nitrogens is 2. The van der Waals surface area contributed by atoms with Crippen LogP contribution in [0.15, 0.2) is 60.3 Å². The van der Waals surface area contributed by atoms with E-state index in [-0.39, 0.29) is 5.97 Å². The van der Waals surface area contributed by atoms with Gasteiger partial charge in [0.2, 0.25) is 0 Å². The molecule has 202 valence electrons. The number of nitrogens with zero attached hydrogens (tertiary/aromatic N) is 2. The van der Waals surface area contributed by atoms with Crippen molar-refractivity contribution in [2.75, 3.05) is 6.61 Å². The predicted octanol–water partition coefficient (Wildman–Crippen LogP) is 7.07. The van der Waals surface area contributed by atoms with Crippen LogP contribution in [0.2, 0.25) is 5.02 Å². The van der Waals surface area contributed by atoms with Crippen LogP contribution in [-0.4, -0.2) is 33.7 Å². The molecule has 0 atom stereocenters. The fourth-order valence-corrected chi connectivity index (χ4v) is 4.21. The predicted molar refractivity (Wildman–Crippen MR) is 151 cm³/mol. The molecule has 1 aromatic heterocycles. The van der Waals surface area contributed by atoms with Gasteiger partial charge in [-0.2, -0.15) is 0 Å². The van der Waals surface area contributed by atoms with E-state index in [0.717, 1.165) is 41.9 Å². The van der Waals surface area contributed by atoms with Crippen LogP contribution in [0.5, 0.6) is 0 Å². The minimum Gasteiger partial charge on any atom is -0.463 e. The van der Waals surface area contributed by atoms with Gasteiger partial charge in [-0.15, -0.1) is 0 Å². The molecular formula is C31H37ClN2O4. The van der Waals surface area contributed by atoms with Crippen LogP contribution in [0, 0.1) is 0 Å². The summed E-state index contributed by atoms with van der Waals surface area (Å²) in [5.74, 6) is 0.146. The molecule has 1 heterocycles. The number of unbranched alkanes of at least 4 members (excludes halogenated alkanes) is 1. The Hall–Kier alpha value is -3.38. The Morgan fingerprint density at radius 3 is 2.45 bits per heavy atom. The monoisotopic (exact) mass is 536 g/mol. The minimum atomic E-state index is -0.592. The Labute approximate surface area is 230 Å². The van der Waals surface area contributed by atoms with Crippen LogP contribution in [0.4, 0.5) is 0 Å². The van der Waals surface area contributed by atoms with Crippen LogP contribution < -0.4 is 0 Å². The summed E-state index contributed by atoms with van der Waals surface area (Å²) in [7, 11) is 0. The zero-order valence-electron chi connectivity index (χ0n) is 22.9. The molecule has 0 saturated carbocycles. The number of imidazole rings is 1. The zero-order valence-corrected chi connectivity index (χ0v) is 23.7. The molecule has 0 spiro atoms. The van der Waals surface area contributed by atoms with Crippen LogP contribution in [0.25, 0.3) is 6.08 Å². The number of aryl methyl sites for hydroxylation is 1. The van der Waals surface area contributed by atoms with E-state index in [4.69, 9.17) is 21.1 Å². The lowest BCUT2D eigenvalue weighted by atomic mass is 10.0. The van der Waals surface area contributed by atoms with Gasteiger partial charge in [-0.05, 0) is 63.5 Å². The highest BCUT2D eigenvalue weighted by Gasteiger charge is 2.20. The number of carbonyl (C=O) groups is 2. The Kier molecular flexibility index (Phi) is 10.3. The van der Waals surface area contributed by atoms with Crippen molar-refractivity contribution in [1.82, 2.24) is 9.55 Å². The maximum Gasteiger partial charge on any atom is 0.338 e. The Morgan fingerprint density at radius 2 is 1.82 bits per heavy atom. The van der Waals surface area contributed by atoms with Crippen LogP contribution in [0.1, 0.15) is 80.5 Å². The molecule has 0 aliphatic heterocycles. The molecule has 0 bridgehead atoms. The molecule has 0 unspecified atom stereocenters. The molecule has 3 aromatic rings. The first-order valence-electron chi connectivity index (χ1n) is 13.1. The average molecular weight is 537 g/mol. The molecule has 0 fully saturated rings. The van der Waals surface area contributed by atoms with E-state index in [1.54, 1.807) is 25.3 Å². The molecule has 0 aliphatic carbocycles. The molecule has 38 heavy (non-hydrogen) atoms. The molecule has 0 amide bonds. The molecule has 2 aromatic carbocycles. The quantitative estimate of drug-likeness (QED) is 0.193. The molecule has 0 radical (unpaired) electrons. The van der Waals surface area contributed by atoms with Gasteiger partial charge in [0.05, 0.1) is 30.6 Å². The van der Waals surface area contributed by atoms with E-state index in [1.165, 1.54) is 0 Å². The van der Waals surface area contributed by atoms with Crippen molar-refractivity contribution in [2.24, 2.45) is 0 Å². The van der Waals surface area contributed by atoms with E-state index in [9.17, 15) is 9.59 Å². The largest absolute Gasteiger partial charge is 0.463 e. The fraction of sp³-hybridized carbons (Fsp3) is 0.387. The number of rotatable bonds is 11. The van der Waals surface area contributed by atoms with Crippen LogP contribution in [-0.2, 0) is 33.7 Å². The summed E-state index contributed by atoms with van der Waals surface area (Å²) in [6.07, 6.45) is 6.91. The fourth-order valence-electron chi connectivity index (χ4n) is 3.97. The number of esters is 2. The summed E-state index contributed by atoms with van der Waals surface area (Å²) in [6, 6.07) is 15.0. The normalized spacial score (nSPS) is 11.9. The van der Waals surface area contributed by atoms with Crippen molar-refractivity contribution in [3.05, 3.63) is 93.5 Å². The average Bonchev–Trinajstić information content (AvgIpc) is 3.24. The van der Waals surface area contributed by atoms with Gasteiger partial charge >= 0.3 is 11.9 Å². The summed E-state index contributed by atoms with van der Waals surface area (Å²) >= 11 is 6.64. The topological polar surface area (TPSA) is 70.4 Å². The van der Waals surface area contributed by atoms with Crippen molar-refractivity contribution in [1.29, 1.82) is 0 Å². The van der Waals surface area contributed by atoms with Crippen molar-refractivity contribution in [2.45, 2.75) is 72.4 Å². The number of hydrogen-bond acceptors (Lipinski definition) is 5. The highest BCUT2D eigenvalue weighted by molar-refractivity contribution is 6.31. The molecule has 7 heteroatoms. The molecule has 0 saturated heterocycles. The second kappa shape index (κ2) is 13.4. The Bertz CT molecular complexity index is 1270. The number of benzene rings is 2. The third-order valence-corrected chi connectivity index (χ3v) is 6.19. The Morgan fingerprint density at radius 1 is 1.08 bits per heavy atom. The number of hydrogen-bond donors (Lipinski definition) is 0. The minimum absolute atomic E-state index is 0.297. The van der Waals surface area contributed by atoms with E-state index in [2.05, 4.69) is 16.5 Å². The van der Waals surface area contributed by atoms with Gasteiger partial charge in [0.1, 0.15) is 11.4 Å². The maximum atomic E-state index is 12.9. The number of carbonyl (C=O) groups excluding carboxylic acids is 2. The molecule has 0 N–H and O–H groups in total. The molecular weight excluding hydrogens is 500 g/mol. The maximum absolute atomic E-state index is 12.9. The summed E-state index contributed by atoms with van der Waals surface area (Å²) in [5, 5.41) is 0.466. The van der Waals surface area contributed by atoms with Gasteiger partial charge in [0.25, 0.3) is 0 Å². The van der Waals surface area contributed by atoms with Crippen LogP contribution in [0.3, 0.4) is 0 Å². The van der Waals surface area contributed by atoms with Gasteiger partial charge in [-0.1, -0.05) is 61.3 Å². The second-order valence-electron chi connectivity index (χ2n) is 10.1. The van der Waals surface area contributed by atoms with Gasteiger partial charge < -0.3 is 14.0 Å². The van der Waals surface area contributed by atoms with Gasteiger partial charge in [0, 0.05) is 23.4 Å². The number of ether oxygens (including phenoxy) is 2. The first kappa shape index (κ1) is 29.2. The summed E-state index contributed by atoms with van der Waals surface area (Å²) < 4.78 is 12.9. The standard InChI is InChI=1S/C31H37ClN2O4/c1-6-8-14-28-33-20-26(18-25(29(35)37-7-2)17-22-12-10-9-11-13-22)34(28)21-24-16-15-23(19-27(24)32)30(36)38-31(3,4)5/h9-13,15-16,18-20H,6-8,14,17,21H2,1-5H3/b25-18+. The summed E-state index contributed by atoms with van der Waals surface area (Å²) in [5.41, 5.74) is 3.01. The SMILES string of the molecule is CCCCc1ncc(/C=C(\Cc2ccccc2)C(=O)OCC)n1Cc1ccc(C(=O)OC(C)(C)C)cc1Cl. The molecule has 3 rings (SSSR count). The van der Waals surface area contributed by atoms with Crippen molar-refractivity contribution >= 4 is 29.6 Å². The first-order valence-corrected chi connectivity index (χ1v) is 13.5. The lowest BCUT2D eigenvalue weighted by Crippen LogP contribution is -2.23. The Balaban J connectivity index is 1.98. The highest BCUT2D eigenvalue weighted by atomic mass is 35.5. The van der Waals surface area contributed by atoms with E-state index >= 15 is 0 Å². The van der Waals surface area contributed by atoms with Gasteiger partial charge in [-0.3, -0.25) is 0 Å². The van der Waals surface area contributed by atoms with E-state index in [1.807, 2.05) is 63.2 Å². The lowest BCUT2D eigenvalue weighted by molar-refractivity contribution is -0.138. The third-order valence-electron chi connectivity index (χ3n) is 5.84. The number of halogens is 1. The van der Waals surface area contributed by atoms with Crippen molar-refractivity contribution in [3.8, 4) is 0 Å². The van der Waals surface area contributed by atoms with E-state index in [0.29, 0.717) is 35.7 Å². The van der Waals surface area contributed by atoms with Crippen molar-refractivity contribution in [3.63, 3.8) is 0 Å². The van der Waals surface area contributed by atoms with E-state index < -0.39 is 11.6 Å². The van der Waals surface area contributed by atoms with Gasteiger partial charge in [-0.25, -0.2) is 14.6 Å². The smallest absolute Gasteiger partial charge is 0.338 e. The van der Waals surface area contributed by atoms with Gasteiger partial charge in [0.15, 0.2) is 0 Å². The highest BCUT2D eigenvalue weighted by Crippen LogP contribution is 2.24. The van der Waals surface area contributed by atoms with Crippen LogP contribution >= 0.6 is 11.6 Å². The van der Waals surface area contributed by atoms with Crippen molar-refractivity contribution < 1.29 is 19.1 Å². The molecule has 0 aliphatic rings.